The third-order valence-corrected chi connectivity index (χ3v) is 6.30. The standard InChI is InChI=1S/C20H25N3O2S/c1-26-10-7-18(21-8-2-3-9-21)20(25)22-12-15-11-16(14-22)17-5-4-6-19(24)23(17)13-15/h2-6,8-9,15-16,18H,7,10-14H2,1H3/t15-,16+,18+/m0/s1. The van der Waals surface area contributed by atoms with Crippen molar-refractivity contribution in [3.8, 4) is 0 Å². The van der Waals surface area contributed by atoms with E-state index in [1.165, 1.54) is 0 Å². The molecule has 0 radical (unpaired) electrons. The van der Waals surface area contributed by atoms with E-state index in [1.54, 1.807) is 17.8 Å². The van der Waals surface area contributed by atoms with Crippen molar-refractivity contribution in [3.63, 3.8) is 0 Å². The number of fused-ring (bicyclic) bond motifs is 4. The van der Waals surface area contributed by atoms with E-state index in [1.807, 2.05) is 50.7 Å². The molecule has 1 fully saturated rings. The summed E-state index contributed by atoms with van der Waals surface area (Å²) >= 11 is 1.78. The van der Waals surface area contributed by atoms with Gasteiger partial charge in [0.15, 0.2) is 0 Å². The Hall–Kier alpha value is -1.95. The van der Waals surface area contributed by atoms with E-state index in [2.05, 4.69) is 6.26 Å². The number of nitrogens with zero attached hydrogens (tertiary/aromatic N) is 3. The number of carbonyl (C=O) groups excluding carboxylic acids is 1. The number of amides is 1. The molecule has 2 aliphatic heterocycles. The minimum Gasteiger partial charge on any atom is -0.342 e. The van der Waals surface area contributed by atoms with Crippen molar-refractivity contribution >= 4 is 17.7 Å². The molecule has 0 aliphatic carbocycles. The van der Waals surface area contributed by atoms with Gasteiger partial charge in [0.2, 0.25) is 5.91 Å². The van der Waals surface area contributed by atoms with Crippen LogP contribution in [0.5, 0.6) is 0 Å². The molecule has 2 bridgehead atoms. The minimum absolute atomic E-state index is 0.0853. The summed E-state index contributed by atoms with van der Waals surface area (Å²) in [6.07, 6.45) is 7.98. The molecule has 0 saturated carbocycles. The minimum atomic E-state index is -0.130. The molecule has 2 aromatic heterocycles. The van der Waals surface area contributed by atoms with Gasteiger partial charge in [-0.15, -0.1) is 0 Å². The molecule has 138 valence electrons. The van der Waals surface area contributed by atoms with Crippen LogP contribution in [0.25, 0.3) is 0 Å². The van der Waals surface area contributed by atoms with Gasteiger partial charge in [0, 0.05) is 49.7 Å². The molecule has 0 spiro atoms. The quantitative estimate of drug-likeness (QED) is 0.812. The number of piperidine rings is 1. The molecular formula is C20H25N3O2S. The maximum absolute atomic E-state index is 13.3. The van der Waals surface area contributed by atoms with E-state index in [4.69, 9.17) is 0 Å². The Balaban J connectivity index is 1.57. The van der Waals surface area contributed by atoms with Crippen LogP contribution in [0, 0.1) is 5.92 Å². The van der Waals surface area contributed by atoms with Crippen molar-refractivity contribution < 1.29 is 4.79 Å². The number of hydrogen-bond donors (Lipinski definition) is 0. The van der Waals surface area contributed by atoms with Gasteiger partial charge < -0.3 is 14.0 Å². The fraction of sp³-hybridized carbons (Fsp3) is 0.500. The van der Waals surface area contributed by atoms with E-state index in [0.717, 1.165) is 43.9 Å². The summed E-state index contributed by atoms with van der Waals surface area (Å²) in [5.41, 5.74) is 1.18. The van der Waals surface area contributed by atoms with Crippen LogP contribution in [0.15, 0.2) is 47.5 Å². The van der Waals surface area contributed by atoms with Crippen LogP contribution in [0.3, 0.4) is 0 Å². The lowest BCUT2D eigenvalue weighted by atomic mass is 9.83. The SMILES string of the molecule is CSCC[C@H](C(=O)N1C[C@@H]2C[C@H](C1)c1cccc(=O)n1C2)n1cccc1. The van der Waals surface area contributed by atoms with Crippen LogP contribution >= 0.6 is 11.8 Å². The van der Waals surface area contributed by atoms with Crippen LogP contribution in [-0.2, 0) is 11.3 Å². The van der Waals surface area contributed by atoms with Gasteiger partial charge in [0.25, 0.3) is 5.56 Å². The van der Waals surface area contributed by atoms with Crippen LogP contribution in [0.2, 0.25) is 0 Å². The van der Waals surface area contributed by atoms with Gasteiger partial charge in [0.05, 0.1) is 0 Å². The fourth-order valence-electron chi connectivity index (χ4n) is 4.47. The normalized spacial score (nSPS) is 22.7. The van der Waals surface area contributed by atoms with E-state index >= 15 is 0 Å². The second kappa shape index (κ2) is 7.35. The lowest BCUT2D eigenvalue weighted by molar-refractivity contribution is -0.137. The Labute approximate surface area is 158 Å². The second-order valence-corrected chi connectivity index (χ2v) is 8.35. The average Bonchev–Trinajstić information content (AvgIpc) is 3.17. The first kappa shape index (κ1) is 17.5. The first-order valence-electron chi connectivity index (χ1n) is 9.27. The topological polar surface area (TPSA) is 47.2 Å². The molecule has 2 aromatic rings. The average molecular weight is 372 g/mol. The number of rotatable bonds is 5. The summed E-state index contributed by atoms with van der Waals surface area (Å²) in [6, 6.07) is 9.36. The van der Waals surface area contributed by atoms with Crippen molar-refractivity contribution in [3.05, 3.63) is 58.8 Å². The predicted molar refractivity (Wildman–Crippen MR) is 105 cm³/mol. The zero-order chi connectivity index (χ0) is 18.1. The van der Waals surface area contributed by atoms with Gasteiger partial charge in [0.1, 0.15) is 6.04 Å². The van der Waals surface area contributed by atoms with Crippen LogP contribution in [0.1, 0.15) is 30.5 Å². The Bertz CT molecular complexity index is 830. The van der Waals surface area contributed by atoms with Gasteiger partial charge >= 0.3 is 0 Å². The lowest BCUT2D eigenvalue weighted by Crippen LogP contribution is -2.50. The first-order valence-corrected chi connectivity index (χ1v) is 10.7. The third-order valence-electron chi connectivity index (χ3n) is 5.66. The molecule has 0 aromatic carbocycles. The number of likely N-dealkylation sites (tertiary alicyclic amines) is 1. The summed E-state index contributed by atoms with van der Waals surface area (Å²) in [4.78, 5) is 27.6. The Morgan fingerprint density at radius 3 is 2.77 bits per heavy atom. The molecule has 4 heterocycles. The molecule has 26 heavy (non-hydrogen) atoms. The van der Waals surface area contributed by atoms with Crippen LogP contribution in [0.4, 0.5) is 0 Å². The maximum Gasteiger partial charge on any atom is 0.250 e. The second-order valence-electron chi connectivity index (χ2n) is 7.37. The largest absolute Gasteiger partial charge is 0.342 e. The summed E-state index contributed by atoms with van der Waals surface area (Å²) in [5.74, 6) is 1.83. The molecule has 5 nitrogen and oxygen atoms in total. The fourth-order valence-corrected chi connectivity index (χ4v) is 4.93. The summed E-state index contributed by atoms with van der Waals surface area (Å²) < 4.78 is 3.96. The van der Waals surface area contributed by atoms with Crippen molar-refractivity contribution in [2.45, 2.75) is 31.3 Å². The predicted octanol–water partition coefficient (Wildman–Crippen LogP) is 2.59. The van der Waals surface area contributed by atoms with Gasteiger partial charge in [-0.1, -0.05) is 6.07 Å². The highest BCUT2D eigenvalue weighted by Crippen LogP contribution is 2.36. The highest BCUT2D eigenvalue weighted by molar-refractivity contribution is 7.98. The highest BCUT2D eigenvalue weighted by Gasteiger charge is 2.38. The van der Waals surface area contributed by atoms with Gasteiger partial charge in [-0.25, -0.2) is 0 Å². The third kappa shape index (κ3) is 3.22. The van der Waals surface area contributed by atoms with Crippen molar-refractivity contribution in [1.29, 1.82) is 0 Å². The van der Waals surface area contributed by atoms with Crippen molar-refractivity contribution in [1.82, 2.24) is 14.0 Å². The lowest BCUT2D eigenvalue weighted by Gasteiger charge is -2.43. The van der Waals surface area contributed by atoms with E-state index in [0.29, 0.717) is 5.92 Å². The smallest absolute Gasteiger partial charge is 0.250 e. The molecule has 1 saturated heterocycles. The van der Waals surface area contributed by atoms with Crippen molar-refractivity contribution in [2.24, 2.45) is 5.92 Å². The number of pyridine rings is 1. The van der Waals surface area contributed by atoms with Crippen LogP contribution in [-0.4, -0.2) is 45.0 Å². The Morgan fingerprint density at radius 2 is 2.00 bits per heavy atom. The summed E-state index contributed by atoms with van der Waals surface area (Å²) in [6.45, 7) is 2.21. The van der Waals surface area contributed by atoms with Gasteiger partial charge in [-0.2, -0.15) is 11.8 Å². The summed E-state index contributed by atoms with van der Waals surface area (Å²) in [7, 11) is 0. The maximum atomic E-state index is 13.3. The molecule has 1 amide bonds. The van der Waals surface area contributed by atoms with Gasteiger partial charge in [-0.05, 0) is 49.0 Å². The monoisotopic (exact) mass is 371 g/mol. The summed E-state index contributed by atoms with van der Waals surface area (Å²) in [5, 5.41) is 0. The molecule has 4 rings (SSSR count). The first-order chi connectivity index (χ1) is 12.7. The van der Waals surface area contributed by atoms with Crippen molar-refractivity contribution in [2.75, 3.05) is 25.1 Å². The molecule has 0 unspecified atom stereocenters. The van der Waals surface area contributed by atoms with Gasteiger partial charge in [-0.3, -0.25) is 9.59 Å². The zero-order valence-electron chi connectivity index (χ0n) is 15.1. The number of carbonyl (C=O) groups is 1. The Morgan fingerprint density at radius 1 is 1.19 bits per heavy atom. The van der Waals surface area contributed by atoms with Crippen LogP contribution < -0.4 is 5.56 Å². The zero-order valence-corrected chi connectivity index (χ0v) is 15.9. The highest BCUT2D eigenvalue weighted by atomic mass is 32.2. The molecule has 0 N–H and O–H groups in total. The van der Waals surface area contributed by atoms with E-state index in [-0.39, 0.29) is 23.4 Å². The molecule has 6 heteroatoms. The number of thioether (sulfide) groups is 1. The number of hydrogen-bond acceptors (Lipinski definition) is 3. The molecular weight excluding hydrogens is 346 g/mol. The Kier molecular flexibility index (Phi) is 4.94. The molecule has 3 atom stereocenters. The molecule has 2 aliphatic rings. The van der Waals surface area contributed by atoms with E-state index < -0.39 is 0 Å². The van der Waals surface area contributed by atoms with E-state index in [9.17, 15) is 9.59 Å². The number of aromatic nitrogens is 2.